The fourth-order valence-corrected chi connectivity index (χ4v) is 2.77. The Morgan fingerprint density at radius 1 is 1.00 bits per heavy atom. The van der Waals surface area contributed by atoms with Gasteiger partial charge in [-0.15, -0.1) is 0 Å². The second-order valence-corrected chi connectivity index (χ2v) is 6.11. The second kappa shape index (κ2) is 5.89. The molecule has 1 unspecified atom stereocenters. The van der Waals surface area contributed by atoms with Gasteiger partial charge >= 0.3 is 0 Å². The molecule has 0 saturated heterocycles. The van der Waals surface area contributed by atoms with Crippen molar-refractivity contribution >= 4 is 33.5 Å². The average Bonchev–Trinajstić information content (AvgIpc) is 2.49. The van der Waals surface area contributed by atoms with Crippen molar-refractivity contribution in [2.45, 2.75) is 12.5 Å². The SMILES string of the molecule is NC(Cc1ccc(I)cc1)c1cccc2cccnc12. The zero-order valence-electron chi connectivity index (χ0n) is 11.0. The first-order valence-corrected chi connectivity index (χ1v) is 7.65. The van der Waals surface area contributed by atoms with Crippen molar-refractivity contribution in [3.63, 3.8) is 0 Å². The number of nitrogens with two attached hydrogens (primary N) is 1. The number of rotatable bonds is 3. The molecule has 3 aromatic rings. The summed E-state index contributed by atoms with van der Waals surface area (Å²) < 4.78 is 1.24. The quantitative estimate of drug-likeness (QED) is 0.702. The molecule has 0 aliphatic carbocycles. The van der Waals surface area contributed by atoms with Gasteiger partial charge in [-0.25, -0.2) is 0 Å². The molecular weight excluding hydrogens is 359 g/mol. The van der Waals surface area contributed by atoms with E-state index in [1.54, 1.807) is 0 Å². The van der Waals surface area contributed by atoms with Crippen LogP contribution in [0.1, 0.15) is 17.2 Å². The van der Waals surface area contributed by atoms with Gasteiger partial charge in [-0.2, -0.15) is 0 Å². The molecule has 0 radical (unpaired) electrons. The molecule has 0 amide bonds. The molecule has 0 aliphatic heterocycles. The Kier molecular flexibility index (Phi) is 3.98. The van der Waals surface area contributed by atoms with Crippen molar-refractivity contribution in [2.75, 3.05) is 0 Å². The van der Waals surface area contributed by atoms with Crippen LogP contribution >= 0.6 is 22.6 Å². The van der Waals surface area contributed by atoms with Gasteiger partial charge in [0.25, 0.3) is 0 Å². The molecule has 0 saturated carbocycles. The fourth-order valence-electron chi connectivity index (χ4n) is 2.41. The Balaban J connectivity index is 1.92. The molecule has 0 fully saturated rings. The molecule has 1 aromatic heterocycles. The molecule has 3 rings (SSSR count). The average molecular weight is 374 g/mol. The van der Waals surface area contributed by atoms with Gasteiger partial charge in [-0.1, -0.05) is 36.4 Å². The van der Waals surface area contributed by atoms with Crippen LogP contribution in [0, 0.1) is 3.57 Å². The van der Waals surface area contributed by atoms with Crippen LogP contribution in [0.2, 0.25) is 0 Å². The fraction of sp³-hybridized carbons (Fsp3) is 0.118. The minimum atomic E-state index is -0.0336. The van der Waals surface area contributed by atoms with Crippen LogP contribution in [-0.2, 0) is 6.42 Å². The lowest BCUT2D eigenvalue weighted by molar-refractivity contribution is 0.726. The summed E-state index contributed by atoms with van der Waals surface area (Å²) >= 11 is 2.31. The third kappa shape index (κ3) is 2.83. The number of benzene rings is 2. The standard InChI is InChI=1S/C17H15IN2/c18-14-8-6-12(7-9-14)11-16(19)15-5-1-3-13-4-2-10-20-17(13)15/h1-10,16H,11,19H2. The normalized spacial score (nSPS) is 12.5. The van der Waals surface area contributed by atoms with E-state index in [2.05, 4.69) is 70.0 Å². The summed E-state index contributed by atoms with van der Waals surface area (Å²) in [6.07, 6.45) is 2.65. The minimum absolute atomic E-state index is 0.0336. The highest BCUT2D eigenvalue weighted by molar-refractivity contribution is 14.1. The number of aromatic nitrogens is 1. The predicted molar refractivity (Wildman–Crippen MR) is 91.5 cm³/mol. The molecule has 0 bridgehead atoms. The first-order valence-electron chi connectivity index (χ1n) is 6.58. The molecule has 0 aliphatic rings. The predicted octanol–water partition coefficient (Wildman–Crippen LogP) is 4.08. The van der Waals surface area contributed by atoms with Gasteiger partial charge in [0, 0.05) is 21.2 Å². The third-order valence-corrected chi connectivity index (χ3v) is 4.15. The highest BCUT2D eigenvalue weighted by Crippen LogP contribution is 2.23. The van der Waals surface area contributed by atoms with Crippen LogP contribution in [0.5, 0.6) is 0 Å². The Morgan fingerprint density at radius 2 is 1.75 bits per heavy atom. The van der Waals surface area contributed by atoms with Gasteiger partial charge in [0.2, 0.25) is 0 Å². The molecule has 0 spiro atoms. The molecule has 2 N–H and O–H groups in total. The lowest BCUT2D eigenvalue weighted by atomic mass is 9.97. The maximum absolute atomic E-state index is 6.39. The van der Waals surface area contributed by atoms with Gasteiger partial charge in [-0.05, 0) is 58.3 Å². The number of fused-ring (bicyclic) bond motifs is 1. The Labute approximate surface area is 132 Å². The van der Waals surface area contributed by atoms with E-state index in [0.717, 1.165) is 22.9 Å². The first kappa shape index (κ1) is 13.5. The number of pyridine rings is 1. The number of halogens is 1. The van der Waals surface area contributed by atoms with Crippen molar-refractivity contribution in [2.24, 2.45) is 5.73 Å². The van der Waals surface area contributed by atoms with Crippen molar-refractivity contribution in [1.82, 2.24) is 4.98 Å². The number of hydrogen-bond donors (Lipinski definition) is 1. The Hall–Kier alpha value is -1.46. The summed E-state index contributed by atoms with van der Waals surface area (Å²) in [5, 5.41) is 1.14. The monoisotopic (exact) mass is 374 g/mol. The molecule has 100 valence electrons. The van der Waals surface area contributed by atoms with Crippen molar-refractivity contribution in [3.05, 3.63) is 75.5 Å². The molecular formula is C17H15IN2. The van der Waals surface area contributed by atoms with E-state index in [4.69, 9.17) is 5.73 Å². The second-order valence-electron chi connectivity index (χ2n) is 4.86. The van der Waals surface area contributed by atoms with Crippen molar-refractivity contribution < 1.29 is 0 Å². The molecule has 20 heavy (non-hydrogen) atoms. The third-order valence-electron chi connectivity index (χ3n) is 3.43. The minimum Gasteiger partial charge on any atom is -0.324 e. The van der Waals surface area contributed by atoms with Crippen LogP contribution in [0.15, 0.2) is 60.8 Å². The van der Waals surface area contributed by atoms with E-state index in [9.17, 15) is 0 Å². The van der Waals surface area contributed by atoms with Gasteiger partial charge < -0.3 is 5.73 Å². The van der Waals surface area contributed by atoms with Crippen molar-refractivity contribution in [1.29, 1.82) is 0 Å². The van der Waals surface area contributed by atoms with E-state index < -0.39 is 0 Å². The summed E-state index contributed by atoms with van der Waals surface area (Å²) in [5.41, 5.74) is 9.76. The van der Waals surface area contributed by atoms with Crippen LogP contribution in [0.4, 0.5) is 0 Å². The molecule has 3 heteroatoms. The highest BCUT2D eigenvalue weighted by Gasteiger charge is 2.11. The summed E-state index contributed by atoms with van der Waals surface area (Å²) in [5.74, 6) is 0. The number of nitrogens with zero attached hydrogens (tertiary/aromatic N) is 1. The maximum atomic E-state index is 6.39. The zero-order chi connectivity index (χ0) is 13.9. The molecule has 1 heterocycles. The first-order chi connectivity index (χ1) is 9.74. The van der Waals surface area contributed by atoms with Crippen LogP contribution in [0.25, 0.3) is 10.9 Å². The topological polar surface area (TPSA) is 38.9 Å². The van der Waals surface area contributed by atoms with Gasteiger partial charge in [0.1, 0.15) is 0 Å². The van der Waals surface area contributed by atoms with Crippen molar-refractivity contribution in [3.8, 4) is 0 Å². The van der Waals surface area contributed by atoms with E-state index in [1.807, 2.05) is 18.3 Å². The van der Waals surface area contributed by atoms with E-state index in [1.165, 1.54) is 9.13 Å². The summed E-state index contributed by atoms with van der Waals surface area (Å²) in [4.78, 5) is 4.48. The number of hydrogen-bond acceptors (Lipinski definition) is 2. The Morgan fingerprint density at radius 3 is 2.55 bits per heavy atom. The lowest BCUT2D eigenvalue weighted by Gasteiger charge is -2.14. The highest BCUT2D eigenvalue weighted by atomic mass is 127. The molecule has 2 nitrogen and oxygen atoms in total. The van der Waals surface area contributed by atoms with E-state index in [-0.39, 0.29) is 6.04 Å². The molecule has 1 atom stereocenters. The summed E-state index contributed by atoms with van der Waals surface area (Å²) in [6.45, 7) is 0. The smallest absolute Gasteiger partial charge is 0.0749 e. The van der Waals surface area contributed by atoms with Crippen LogP contribution in [0.3, 0.4) is 0 Å². The van der Waals surface area contributed by atoms with E-state index >= 15 is 0 Å². The van der Waals surface area contributed by atoms with Gasteiger partial charge in [0.15, 0.2) is 0 Å². The van der Waals surface area contributed by atoms with Crippen LogP contribution < -0.4 is 5.73 Å². The number of para-hydroxylation sites is 1. The summed E-state index contributed by atoms with van der Waals surface area (Å²) in [7, 11) is 0. The summed E-state index contributed by atoms with van der Waals surface area (Å²) in [6, 6.07) is 18.7. The van der Waals surface area contributed by atoms with Gasteiger partial charge in [-0.3, -0.25) is 4.98 Å². The molecule has 2 aromatic carbocycles. The Bertz CT molecular complexity index is 717. The zero-order valence-corrected chi connectivity index (χ0v) is 13.1. The largest absolute Gasteiger partial charge is 0.324 e. The van der Waals surface area contributed by atoms with E-state index in [0.29, 0.717) is 0 Å². The lowest BCUT2D eigenvalue weighted by Crippen LogP contribution is -2.14. The van der Waals surface area contributed by atoms with Gasteiger partial charge in [0.05, 0.1) is 5.52 Å². The van der Waals surface area contributed by atoms with Crippen LogP contribution in [-0.4, -0.2) is 4.98 Å². The maximum Gasteiger partial charge on any atom is 0.0749 e.